The third-order valence-electron chi connectivity index (χ3n) is 11.0. The number of carbonyl (C=O) groups excluding carboxylic acids is 1. The molecule has 0 saturated carbocycles. The zero-order valence-corrected chi connectivity index (χ0v) is 37.7. The van der Waals surface area contributed by atoms with Crippen LogP contribution < -0.4 is 9.47 Å². The number of ketones is 1. The van der Waals surface area contributed by atoms with Gasteiger partial charge in [0.15, 0.2) is 5.78 Å². The highest BCUT2D eigenvalue weighted by molar-refractivity contribution is 7.99. The highest BCUT2D eigenvalue weighted by Crippen LogP contribution is 2.26. The quantitative estimate of drug-likeness (QED) is 0.0291. The van der Waals surface area contributed by atoms with Crippen LogP contribution >= 0.6 is 11.8 Å². The summed E-state index contributed by atoms with van der Waals surface area (Å²) in [6.45, 7) is 8.20. The summed E-state index contributed by atoms with van der Waals surface area (Å²) in [5.74, 6) is 2.76. The van der Waals surface area contributed by atoms with Crippen molar-refractivity contribution in [1.29, 1.82) is 0 Å². The van der Waals surface area contributed by atoms with Gasteiger partial charge in [-0.15, -0.1) is 11.8 Å². The average molecular weight is 791 g/mol. The number of rotatable bonds is 40. The maximum atomic E-state index is 13.0. The van der Waals surface area contributed by atoms with Crippen molar-refractivity contribution in [2.24, 2.45) is 0 Å². The van der Waals surface area contributed by atoms with Crippen molar-refractivity contribution >= 4 is 23.6 Å². The zero-order valence-electron chi connectivity index (χ0n) is 36.9. The first kappa shape index (κ1) is 49.9. The summed E-state index contributed by atoms with van der Waals surface area (Å²) < 4.78 is 12.5. The monoisotopic (exact) mass is 791 g/mol. The minimum absolute atomic E-state index is 0.0152. The van der Waals surface area contributed by atoms with Crippen LogP contribution in [0.15, 0.2) is 53.4 Å². The molecule has 0 fully saturated rings. The van der Waals surface area contributed by atoms with Crippen molar-refractivity contribution in [3.63, 3.8) is 0 Å². The second-order valence-corrected chi connectivity index (χ2v) is 17.6. The van der Waals surface area contributed by atoms with Crippen LogP contribution in [0, 0.1) is 0 Å². The molecule has 0 heterocycles. The molecule has 2 aromatic rings. The molecule has 0 spiro atoms. The molecule has 0 N–H and O–H groups in total. The van der Waals surface area contributed by atoms with Gasteiger partial charge in [0.1, 0.15) is 11.5 Å². The molecular weight excluding hydrogens is 705 g/mol. The van der Waals surface area contributed by atoms with Crippen LogP contribution in [0.1, 0.15) is 236 Å². The first-order valence-electron chi connectivity index (χ1n) is 24.0. The van der Waals surface area contributed by atoms with Gasteiger partial charge in [-0.05, 0) is 73.1 Å². The number of hydrogen-bond acceptors (Lipinski definition) is 4. The van der Waals surface area contributed by atoms with Crippen molar-refractivity contribution in [3.8, 4) is 11.5 Å². The van der Waals surface area contributed by atoms with E-state index in [0.717, 1.165) is 42.1 Å². The molecular formula is C52H86O3S. The van der Waals surface area contributed by atoms with Gasteiger partial charge in [-0.1, -0.05) is 207 Å². The van der Waals surface area contributed by atoms with E-state index in [9.17, 15) is 4.79 Å². The molecule has 3 nitrogen and oxygen atoms in total. The summed E-state index contributed by atoms with van der Waals surface area (Å²) in [5.41, 5.74) is 1.65. The number of carbonyl (C=O) groups is 1. The van der Waals surface area contributed by atoms with Crippen LogP contribution in [0.2, 0.25) is 0 Å². The Morgan fingerprint density at radius 1 is 0.464 bits per heavy atom. The molecule has 0 aliphatic heterocycles. The molecule has 0 amide bonds. The lowest BCUT2D eigenvalue weighted by atomic mass is 10.0. The minimum Gasteiger partial charge on any atom is -0.493 e. The van der Waals surface area contributed by atoms with Crippen molar-refractivity contribution in [2.45, 2.75) is 225 Å². The summed E-state index contributed by atoms with van der Waals surface area (Å²) in [7, 11) is 0. The average Bonchev–Trinajstić information content (AvgIpc) is 3.22. The van der Waals surface area contributed by atoms with Crippen LogP contribution in [0.25, 0.3) is 6.08 Å². The van der Waals surface area contributed by atoms with Gasteiger partial charge in [-0.25, -0.2) is 0 Å². The van der Waals surface area contributed by atoms with Gasteiger partial charge in [-0.2, -0.15) is 0 Å². The Balaban J connectivity index is 1.71. The smallest absolute Gasteiger partial charge is 0.185 e. The molecule has 2 rings (SSSR count). The molecule has 0 aliphatic carbocycles. The lowest BCUT2D eigenvalue weighted by molar-refractivity contribution is 0.104. The fourth-order valence-electron chi connectivity index (χ4n) is 7.39. The van der Waals surface area contributed by atoms with Gasteiger partial charge in [0.05, 0.1) is 13.2 Å². The van der Waals surface area contributed by atoms with Gasteiger partial charge >= 0.3 is 0 Å². The van der Waals surface area contributed by atoms with E-state index < -0.39 is 0 Å². The minimum atomic E-state index is 0.0152. The topological polar surface area (TPSA) is 35.5 Å². The number of ether oxygens (including phenoxy) is 2. The van der Waals surface area contributed by atoms with Crippen LogP contribution in [-0.2, 0) is 0 Å². The van der Waals surface area contributed by atoms with E-state index in [2.05, 4.69) is 32.9 Å². The van der Waals surface area contributed by atoms with Gasteiger partial charge in [-0.3, -0.25) is 4.79 Å². The molecule has 0 unspecified atom stereocenters. The Morgan fingerprint density at radius 3 is 1.18 bits per heavy atom. The van der Waals surface area contributed by atoms with Crippen LogP contribution in [0.4, 0.5) is 0 Å². The Labute approximate surface area is 351 Å². The summed E-state index contributed by atoms with van der Waals surface area (Å²) in [4.78, 5) is 14.2. The van der Waals surface area contributed by atoms with Gasteiger partial charge in [0.25, 0.3) is 0 Å². The lowest BCUT2D eigenvalue weighted by Gasteiger charge is -2.12. The van der Waals surface area contributed by atoms with Gasteiger partial charge in [0.2, 0.25) is 0 Å². The third kappa shape index (κ3) is 28.2. The first-order valence-corrected chi connectivity index (χ1v) is 25.0. The molecule has 0 atom stereocenters. The highest BCUT2D eigenvalue weighted by atomic mass is 32.2. The van der Waals surface area contributed by atoms with E-state index in [4.69, 9.17) is 9.47 Å². The number of hydrogen-bond donors (Lipinski definition) is 0. The van der Waals surface area contributed by atoms with Gasteiger partial charge in [0, 0.05) is 16.5 Å². The molecule has 318 valence electrons. The maximum Gasteiger partial charge on any atom is 0.185 e. The van der Waals surface area contributed by atoms with Crippen molar-refractivity contribution in [1.82, 2.24) is 0 Å². The maximum absolute atomic E-state index is 13.0. The number of unbranched alkanes of at least 4 members (excludes halogenated alkanes) is 28. The third-order valence-corrected chi connectivity index (χ3v) is 12.2. The van der Waals surface area contributed by atoms with E-state index in [1.807, 2.05) is 48.2 Å². The molecule has 0 bridgehead atoms. The lowest BCUT2D eigenvalue weighted by Crippen LogP contribution is -2.01. The largest absolute Gasteiger partial charge is 0.493 e. The SMILES string of the molecule is CCCCCCCCCCCCCCCCCOc1cc(C=CC(=O)c2ccc(SCCC)cc2)cc(OCCCCCCCCCCCCCCCCC)c1. The highest BCUT2D eigenvalue weighted by Gasteiger charge is 2.06. The van der Waals surface area contributed by atoms with Crippen LogP contribution in [-0.4, -0.2) is 24.7 Å². The zero-order chi connectivity index (χ0) is 40.0. The fourth-order valence-corrected chi connectivity index (χ4v) is 8.16. The fraction of sp³-hybridized carbons (Fsp3) is 0.712. The predicted molar refractivity (Wildman–Crippen MR) is 248 cm³/mol. The van der Waals surface area contributed by atoms with Crippen LogP contribution in [0.5, 0.6) is 11.5 Å². The number of benzene rings is 2. The Kier molecular flexibility index (Phi) is 33.1. The molecule has 0 aromatic heterocycles. The van der Waals surface area contributed by atoms with E-state index in [0.29, 0.717) is 18.8 Å². The molecule has 0 saturated heterocycles. The standard InChI is InChI=1S/C52H86O3S/c1-4-7-9-11-13-15-17-19-21-23-25-27-29-31-33-41-54-49-44-47(35-40-52(53)48-36-38-51(39-37-48)56-43-6-3)45-50(46-49)55-42-34-32-30-28-26-24-22-20-18-16-14-12-10-8-5-2/h35-40,44-46H,4-34,41-43H2,1-3H3. The summed E-state index contributed by atoms with van der Waals surface area (Å²) in [6, 6.07) is 14.1. The second-order valence-electron chi connectivity index (χ2n) is 16.4. The molecule has 0 aliphatic rings. The number of allylic oxidation sites excluding steroid dienone is 1. The normalized spacial score (nSPS) is 11.5. The van der Waals surface area contributed by atoms with Gasteiger partial charge < -0.3 is 9.47 Å². The summed E-state index contributed by atoms with van der Waals surface area (Å²) >= 11 is 1.83. The van der Waals surface area contributed by atoms with E-state index >= 15 is 0 Å². The Morgan fingerprint density at radius 2 is 0.821 bits per heavy atom. The first-order chi connectivity index (χ1) is 27.7. The number of thioether (sulfide) groups is 1. The predicted octanol–water partition coefficient (Wildman–Crippen LogP) is 17.6. The molecule has 0 radical (unpaired) electrons. The molecule has 56 heavy (non-hydrogen) atoms. The van der Waals surface area contributed by atoms with Crippen LogP contribution in [0.3, 0.4) is 0 Å². The Bertz CT molecular complexity index is 1150. The van der Waals surface area contributed by atoms with Crippen molar-refractivity contribution < 1.29 is 14.3 Å². The van der Waals surface area contributed by atoms with Crippen molar-refractivity contribution in [2.75, 3.05) is 19.0 Å². The molecule has 2 aromatic carbocycles. The summed E-state index contributed by atoms with van der Waals surface area (Å²) in [6.07, 6.45) is 45.5. The van der Waals surface area contributed by atoms with E-state index in [1.165, 1.54) is 185 Å². The van der Waals surface area contributed by atoms with E-state index in [1.54, 1.807) is 6.08 Å². The Hall–Kier alpha value is -2.20. The van der Waals surface area contributed by atoms with E-state index in [-0.39, 0.29) is 5.78 Å². The van der Waals surface area contributed by atoms with Crippen molar-refractivity contribution in [3.05, 3.63) is 59.7 Å². The second kappa shape index (κ2) is 37.1. The summed E-state index contributed by atoms with van der Waals surface area (Å²) in [5, 5.41) is 0. The molecule has 4 heteroatoms.